The van der Waals surface area contributed by atoms with Gasteiger partial charge in [-0.2, -0.15) is 0 Å². The first kappa shape index (κ1) is 16.2. The molecular formula is C15H23N3O4. The first-order valence-corrected chi connectivity index (χ1v) is 7.34. The van der Waals surface area contributed by atoms with Crippen LogP contribution >= 0.6 is 0 Å². The molecule has 0 atom stereocenters. The van der Waals surface area contributed by atoms with Crippen molar-refractivity contribution >= 4 is 12.1 Å². The molecule has 2 heterocycles. The van der Waals surface area contributed by atoms with E-state index in [9.17, 15) is 9.59 Å². The summed E-state index contributed by atoms with van der Waals surface area (Å²) in [5.74, 6) is 5.40. The molecule has 0 unspecified atom stereocenters. The number of carbonyl (C=O) groups is 2. The van der Waals surface area contributed by atoms with Crippen LogP contribution in [0.5, 0.6) is 0 Å². The van der Waals surface area contributed by atoms with E-state index in [1.165, 1.54) is 4.68 Å². The summed E-state index contributed by atoms with van der Waals surface area (Å²) in [6.45, 7) is 8.53. The van der Waals surface area contributed by atoms with E-state index >= 15 is 0 Å². The molecule has 0 aromatic carbocycles. The average Bonchev–Trinajstić information content (AvgIpc) is 2.67. The number of nitrogens with zero attached hydrogens (tertiary/aromatic N) is 2. The van der Waals surface area contributed by atoms with Gasteiger partial charge in [0.05, 0.1) is 6.61 Å². The fourth-order valence-corrected chi connectivity index (χ4v) is 2.37. The smallest absolute Gasteiger partial charge is 0.410 e. The molecule has 7 heteroatoms. The van der Waals surface area contributed by atoms with E-state index in [1.807, 2.05) is 20.8 Å². The molecule has 1 aliphatic heterocycles. The Labute approximate surface area is 129 Å². The van der Waals surface area contributed by atoms with E-state index in [4.69, 9.17) is 15.3 Å². The molecule has 0 bridgehead atoms. The van der Waals surface area contributed by atoms with Crippen LogP contribution < -0.4 is 5.84 Å². The quantitative estimate of drug-likeness (QED) is 0.678. The number of aromatic nitrogens is 1. The van der Waals surface area contributed by atoms with Gasteiger partial charge in [0.15, 0.2) is 5.69 Å². The van der Waals surface area contributed by atoms with E-state index in [2.05, 4.69) is 0 Å². The molecule has 1 aromatic heterocycles. The molecule has 7 nitrogen and oxygen atoms in total. The molecule has 1 fully saturated rings. The summed E-state index contributed by atoms with van der Waals surface area (Å²) in [4.78, 5) is 25.5. The number of nitrogens with two attached hydrogens (primary N) is 1. The largest absolute Gasteiger partial charge is 0.461 e. The number of rotatable bonds is 3. The van der Waals surface area contributed by atoms with Gasteiger partial charge in [0.1, 0.15) is 5.60 Å². The Morgan fingerprint density at radius 2 is 2.00 bits per heavy atom. The topological polar surface area (TPSA) is 86.8 Å². The summed E-state index contributed by atoms with van der Waals surface area (Å²) in [5.41, 5.74) is 0.634. The van der Waals surface area contributed by atoms with Crippen LogP contribution in [0.15, 0.2) is 12.3 Å². The second-order valence-corrected chi connectivity index (χ2v) is 6.33. The summed E-state index contributed by atoms with van der Waals surface area (Å²) in [5, 5.41) is 0. The molecule has 0 aliphatic carbocycles. The van der Waals surface area contributed by atoms with Crippen LogP contribution in [0, 0.1) is 0 Å². The zero-order valence-corrected chi connectivity index (χ0v) is 13.5. The van der Waals surface area contributed by atoms with Gasteiger partial charge in [0.25, 0.3) is 0 Å². The van der Waals surface area contributed by atoms with Crippen molar-refractivity contribution in [2.45, 2.75) is 39.2 Å². The highest BCUT2D eigenvalue weighted by molar-refractivity contribution is 5.90. The maximum atomic E-state index is 12.0. The Bertz CT molecular complexity index is 568. The third kappa shape index (κ3) is 3.35. The summed E-state index contributed by atoms with van der Waals surface area (Å²) >= 11 is 0. The number of esters is 1. The SMILES string of the molecule is CCOC(=O)c1c(C2CN(C(=O)OC(C)(C)C)C2)ccn1N. The van der Waals surface area contributed by atoms with Crippen molar-refractivity contribution < 1.29 is 19.1 Å². The van der Waals surface area contributed by atoms with Crippen LogP contribution in [-0.4, -0.2) is 46.9 Å². The van der Waals surface area contributed by atoms with E-state index in [-0.39, 0.29) is 18.6 Å². The molecular weight excluding hydrogens is 286 g/mol. The maximum absolute atomic E-state index is 12.0. The third-order valence-electron chi connectivity index (χ3n) is 3.39. The van der Waals surface area contributed by atoms with Gasteiger partial charge in [0.2, 0.25) is 0 Å². The van der Waals surface area contributed by atoms with Crippen molar-refractivity contribution in [1.29, 1.82) is 0 Å². The van der Waals surface area contributed by atoms with Gasteiger partial charge < -0.3 is 20.2 Å². The van der Waals surface area contributed by atoms with E-state index < -0.39 is 11.6 Å². The molecule has 1 aliphatic rings. The molecule has 2 rings (SSSR count). The first-order valence-electron chi connectivity index (χ1n) is 7.34. The zero-order valence-electron chi connectivity index (χ0n) is 13.5. The van der Waals surface area contributed by atoms with Crippen molar-refractivity contribution in [3.05, 3.63) is 23.5 Å². The minimum Gasteiger partial charge on any atom is -0.461 e. The van der Waals surface area contributed by atoms with Crippen LogP contribution in [0.1, 0.15) is 49.7 Å². The van der Waals surface area contributed by atoms with Crippen LogP contribution in [0.4, 0.5) is 4.79 Å². The van der Waals surface area contributed by atoms with Gasteiger partial charge in [-0.25, -0.2) is 9.59 Å². The normalized spacial score (nSPS) is 15.4. The number of hydrogen-bond donors (Lipinski definition) is 1. The van der Waals surface area contributed by atoms with Crippen molar-refractivity contribution in [1.82, 2.24) is 9.58 Å². The Balaban J connectivity index is 2.02. The highest BCUT2D eigenvalue weighted by Crippen LogP contribution is 2.31. The lowest BCUT2D eigenvalue weighted by atomic mass is 9.92. The Morgan fingerprint density at radius 1 is 1.36 bits per heavy atom. The number of hydrogen-bond acceptors (Lipinski definition) is 5. The fraction of sp³-hybridized carbons (Fsp3) is 0.600. The Morgan fingerprint density at radius 3 is 2.55 bits per heavy atom. The van der Waals surface area contributed by atoms with E-state index in [0.29, 0.717) is 18.8 Å². The average molecular weight is 309 g/mol. The van der Waals surface area contributed by atoms with Crippen LogP contribution in [0.2, 0.25) is 0 Å². The van der Waals surface area contributed by atoms with Crippen LogP contribution in [-0.2, 0) is 9.47 Å². The number of amides is 1. The predicted octanol–water partition coefficient (Wildman–Crippen LogP) is 1.71. The minimum atomic E-state index is -0.515. The van der Waals surface area contributed by atoms with Crippen molar-refractivity contribution in [3.8, 4) is 0 Å². The van der Waals surface area contributed by atoms with Crippen molar-refractivity contribution in [2.24, 2.45) is 0 Å². The third-order valence-corrected chi connectivity index (χ3v) is 3.39. The van der Waals surface area contributed by atoms with Crippen LogP contribution in [0.3, 0.4) is 0 Å². The molecule has 0 radical (unpaired) electrons. The monoisotopic (exact) mass is 309 g/mol. The second kappa shape index (κ2) is 5.90. The lowest BCUT2D eigenvalue weighted by Crippen LogP contribution is -2.50. The van der Waals surface area contributed by atoms with Crippen LogP contribution in [0.25, 0.3) is 0 Å². The van der Waals surface area contributed by atoms with Crippen molar-refractivity contribution in [3.63, 3.8) is 0 Å². The lowest BCUT2D eigenvalue weighted by molar-refractivity contribution is 0.00811. The van der Waals surface area contributed by atoms with Gasteiger partial charge in [-0.1, -0.05) is 0 Å². The number of carbonyl (C=O) groups excluding carboxylic acids is 2. The predicted molar refractivity (Wildman–Crippen MR) is 81.1 cm³/mol. The number of nitrogen functional groups attached to an aromatic ring is 1. The van der Waals surface area contributed by atoms with E-state index in [1.54, 1.807) is 24.1 Å². The Kier molecular flexibility index (Phi) is 4.35. The van der Waals surface area contributed by atoms with E-state index in [0.717, 1.165) is 5.56 Å². The summed E-state index contributed by atoms with van der Waals surface area (Å²) in [6, 6.07) is 1.79. The van der Waals surface area contributed by atoms with Gasteiger partial charge >= 0.3 is 12.1 Å². The summed E-state index contributed by atoms with van der Waals surface area (Å²) in [7, 11) is 0. The molecule has 0 saturated carbocycles. The van der Waals surface area contributed by atoms with Gasteiger partial charge in [-0.3, -0.25) is 4.68 Å². The molecule has 1 saturated heterocycles. The second-order valence-electron chi connectivity index (χ2n) is 6.33. The number of ether oxygens (including phenoxy) is 2. The zero-order chi connectivity index (χ0) is 16.5. The molecule has 1 amide bonds. The molecule has 0 spiro atoms. The van der Waals surface area contributed by atoms with Crippen molar-refractivity contribution in [2.75, 3.05) is 25.5 Å². The summed E-state index contributed by atoms with van der Waals surface area (Å²) in [6.07, 6.45) is 1.28. The highest BCUT2D eigenvalue weighted by atomic mass is 16.6. The van der Waals surface area contributed by atoms with Gasteiger partial charge in [-0.05, 0) is 39.3 Å². The van der Waals surface area contributed by atoms with Gasteiger partial charge in [-0.15, -0.1) is 0 Å². The molecule has 122 valence electrons. The fourth-order valence-electron chi connectivity index (χ4n) is 2.37. The first-order chi connectivity index (χ1) is 10.2. The molecule has 22 heavy (non-hydrogen) atoms. The summed E-state index contributed by atoms with van der Waals surface area (Å²) < 4.78 is 11.6. The minimum absolute atomic E-state index is 0.0664. The standard InChI is InChI=1S/C15H23N3O4/c1-5-21-13(19)12-11(6-7-18(12)16)10-8-17(9-10)14(20)22-15(2,3)4/h6-7,10H,5,8-9,16H2,1-4H3. The molecule has 2 N–H and O–H groups in total. The number of likely N-dealkylation sites (tertiary alicyclic amines) is 1. The maximum Gasteiger partial charge on any atom is 0.410 e. The Hall–Kier alpha value is -2.18. The molecule has 1 aromatic rings. The lowest BCUT2D eigenvalue weighted by Gasteiger charge is -2.39. The van der Waals surface area contributed by atoms with Gasteiger partial charge in [0, 0.05) is 25.2 Å². The highest BCUT2D eigenvalue weighted by Gasteiger charge is 2.37.